The van der Waals surface area contributed by atoms with Crippen molar-refractivity contribution >= 4 is 11.8 Å². The Bertz CT molecular complexity index is 925. The summed E-state index contributed by atoms with van der Waals surface area (Å²) in [6.07, 6.45) is 2.52. The first-order valence-corrected chi connectivity index (χ1v) is 9.62. The quantitative estimate of drug-likeness (QED) is 0.722. The molecule has 0 heterocycles. The Morgan fingerprint density at radius 1 is 1.10 bits per heavy atom. The zero-order valence-corrected chi connectivity index (χ0v) is 16.9. The van der Waals surface area contributed by atoms with Crippen molar-refractivity contribution in [2.24, 2.45) is 0 Å². The number of hydrogen-bond donors (Lipinski definition) is 2. The molecule has 0 saturated heterocycles. The van der Waals surface area contributed by atoms with E-state index in [0.717, 1.165) is 16.7 Å². The van der Waals surface area contributed by atoms with E-state index in [0.29, 0.717) is 13.0 Å². The smallest absolute Gasteiger partial charge is 0.253 e. The van der Waals surface area contributed by atoms with E-state index >= 15 is 0 Å². The number of likely N-dealkylation sites (N-methyl/N-ethyl adjacent to an activating group) is 1. The Labute approximate surface area is 170 Å². The largest absolute Gasteiger partial charge is 0.355 e. The fraction of sp³-hybridized carbons (Fsp3) is 0.304. The monoisotopic (exact) mass is 395 g/mol. The van der Waals surface area contributed by atoms with Gasteiger partial charge in [-0.1, -0.05) is 42.5 Å². The van der Waals surface area contributed by atoms with Crippen LogP contribution >= 0.6 is 0 Å². The van der Waals surface area contributed by atoms with Crippen LogP contribution in [0, 0.1) is 5.82 Å². The van der Waals surface area contributed by atoms with Crippen LogP contribution in [0.15, 0.2) is 60.2 Å². The molecule has 1 aliphatic rings. The number of nitrogens with zero attached hydrogens (tertiary/aromatic N) is 1. The number of nitrogens with one attached hydrogen (secondary N) is 2. The summed E-state index contributed by atoms with van der Waals surface area (Å²) in [6.45, 7) is 0.448. The minimum atomic E-state index is -0.544. The van der Waals surface area contributed by atoms with Crippen molar-refractivity contribution < 1.29 is 14.0 Å². The lowest BCUT2D eigenvalue weighted by Crippen LogP contribution is -2.41. The minimum absolute atomic E-state index is 0.00118. The molecule has 6 heteroatoms. The van der Waals surface area contributed by atoms with E-state index in [2.05, 4.69) is 10.6 Å². The van der Waals surface area contributed by atoms with Crippen molar-refractivity contribution in [1.29, 1.82) is 0 Å². The Hall–Kier alpha value is -2.99. The first kappa shape index (κ1) is 20.7. The molecule has 0 saturated carbocycles. The fourth-order valence-electron chi connectivity index (χ4n) is 3.31. The van der Waals surface area contributed by atoms with Gasteiger partial charge in [0.2, 0.25) is 5.91 Å². The van der Waals surface area contributed by atoms with E-state index in [4.69, 9.17) is 0 Å². The maximum absolute atomic E-state index is 14.2. The molecule has 3 rings (SSSR count). The van der Waals surface area contributed by atoms with Crippen LogP contribution in [0.2, 0.25) is 0 Å². The van der Waals surface area contributed by atoms with Crippen molar-refractivity contribution in [2.75, 3.05) is 27.7 Å². The second-order valence-corrected chi connectivity index (χ2v) is 7.44. The molecule has 0 radical (unpaired) electrons. The van der Waals surface area contributed by atoms with E-state index in [1.807, 2.05) is 55.4 Å². The molecule has 2 aromatic rings. The lowest BCUT2D eigenvalue weighted by Gasteiger charge is -2.25. The summed E-state index contributed by atoms with van der Waals surface area (Å²) in [7, 11) is 5.32. The van der Waals surface area contributed by atoms with Gasteiger partial charge in [-0.2, -0.15) is 0 Å². The number of rotatable bonds is 8. The Morgan fingerprint density at radius 3 is 2.45 bits per heavy atom. The van der Waals surface area contributed by atoms with Gasteiger partial charge in [-0.15, -0.1) is 0 Å². The second kappa shape index (κ2) is 9.01. The number of carbonyl (C=O) groups is 2. The molecule has 0 bridgehead atoms. The molecule has 29 heavy (non-hydrogen) atoms. The predicted molar refractivity (Wildman–Crippen MR) is 111 cm³/mol. The van der Waals surface area contributed by atoms with Gasteiger partial charge >= 0.3 is 0 Å². The number of hydrogen-bond acceptors (Lipinski definition) is 3. The van der Waals surface area contributed by atoms with Gasteiger partial charge in [-0.25, -0.2) is 4.39 Å². The van der Waals surface area contributed by atoms with E-state index in [-0.39, 0.29) is 23.4 Å². The molecular weight excluding hydrogens is 369 g/mol. The average molecular weight is 395 g/mol. The van der Waals surface area contributed by atoms with Crippen LogP contribution in [-0.4, -0.2) is 50.4 Å². The molecule has 0 spiro atoms. The SMILES string of the molecule is CNC(=O)c1ccc(C[C@@H](CNC(=O)C2=C[C@H]2c2ccccc2)N(C)C)cc1F. The first-order valence-electron chi connectivity index (χ1n) is 9.62. The van der Waals surface area contributed by atoms with Gasteiger partial charge in [0.25, 0.3) is 5.91 Å². The summed E-state index contributed by atoms with van der Waals surface area (Å²) in [5.74, 6) is -0.958. The number of benzene rings is 2. The lowest BCUT2D eigenvalue weighted by atomic mass is 10.0. The van der Waals surface area contributed by atoms with Crippen LogP contribution in [0.4, 0.5) is 4.39 Å². The molecule has 2 aromatic carbocycles. The van der Waals surface area contributed by atoms with Crippen molar-refractivity contribution in [3.8, 4) is 0 Å². The maximum atomic E-state index is 14.2. The molecule has 2 N–H and O–H groups in total. The highest BCUT2D eigenvalue weighted by Crippen LogP contribution is 2.38. The van der Waals surface area contributed by atoms with Crippen LogP contribution in [-0.2, 0) is 11.2 Å². The fourth-order valence-corrected chi connectivity index (χ4v) is 3.31. The van der Waals surface area contributed by atoms with Gasteiger partial charge in [-0.3, -0.25) is 9.59 Å². The second-order valence-electron chi connectivity index (χ2n) is 7.44. The van der Waals surface area contributed by atoms with Gasteiger partial charge in [0.15, 0.2) is 0 Å². The van der Waals surface area contributed by atoms with Crippen LogP contribution < -0.4 is 10.6 Å². The molecule has 152 valence electrons. The van der Waals surface area contributed by atoms with Crippen LogP contribution in [0.25, 0.3) is 0 Å². The van der Waals surface area contributed by atoms with Crippen molar-refractivity contribution in [2.45, 2.75) is 18.4 Å². The third-order valence-electron chi connectivity index (χ3n) is 5.20. The highest BCUT2D eigenvalue weighted by molar-refractivity contribution is 6.00. The number of carbonyl (C=O) groups excluding carboxylic acids is 2. The average Bonchev–Trinajstić information content (AvgIpc) is 3.52. The molecule has 2 amide bonds. The molecule has 0 fully saturated rings. The molecule has 0 aliphatic heterocycles. The van der Waals surface area contributed by atoms with E-state index in [1.54, 1.807) is 6.07 Å². The Morgan fingerprint density at radius 2 is 1.83 bits per heavy atom. The maximum Gasteiger partial charge on any atom is 0.253 e. The highest BCUT2D eigenvalue weighted by Gasteiger charge is 2.32. The topological polar surface area (TPSA) is 61.4 Å². The lowest BCUT2D eigenvalue weighted by molar-refractivity contribution is -0.117. The summed E-state index contributed by atoms with van der Waals surface area (Å²) < 4.78 is 14.2. The van der Waals surface area contributed by atoms with Gasteiger partial charge in [-0.05, 0) is 43.8 Å². The minimum Gasteiger partial charge on any atom is -0.355 e. The zero-order chi connectivity index (χ0) is 21.0. The van der Waals surface area contributed by atoms with Crippen LogP contribution in [0.3, 0.4) is 0 Å². The van der Waals surface area contributed by atoms with Crippen molar-refractivity contribution in [3.05, 3.63) is 82.7 Å². The predicted octanol–water partition coefficient (Wildman–Crippen LogP) is 2.50. The summed E-state index contributed by atoms with van der Waals surface area (Å²) >= 11 is 0. The molecule has 5 nitrogen and oxygen atoms in total. The summed E-state index contributed by atoms with van der Waals surface area (Å²) in [4.78, 5) is 26.1. The molecule has 0 aromatic heterocycles. The molecule has 1 aliphatic carbocycles. The molecule has 0 unspecified atom stereocenters. The van der Waals surface area contributed by atoms with E-state index in [9.17, 15) is 14.0 Å². The third-order valence-corrected chi connectivity index (χ3v) is 5.20. The Kier molecular flexibility index (Phi) is 6.44. The van der Waals surface area contributed by atoms with Gasteiger partial charge in [0.1, 0.15) is 5.82 Å². The molecule has 2 atom stereocenters. The summed E-state index contributed by atoms with van der Waals surface area (Å²) in [5, 5.41) is 5.42. The van der Waals surface area contributed by atoms with Crippen LogP contribution in [0.5, 0.6) is 0 Å². The third kappa shape index (κ3) is 5.09. The first-order chi connectivity index (χ1) is 13.9. The van der Waals surface area contributed by atoms with E-state index in [1.165, 1.54) is 19.2 Å². The number of halogens is 1. The molecular formula is C23H26FN3O2. The summed E-state index contributed by atoms with van der Waals surface area (Å²) in [5.41, 5.74) is 2.71. The van der Waals surface area contributed by atoms with Gasteiger partial charge in [0.05, 0.1) is 5.56 Å². The van der Waals surface area contributed by atoms with Crippen LogP contribution in [0.1, 0.15) is 27.4 Å². The van der Waals surface area contributed by atoms with Crippen molar-refractivity contribution in [3.63, 3.8) is 0 Å². The van der Waals surface area contributed by atoms with Gasteiger partial charge in [0, 0.05) is 31.1 Å². The number of amides is 2. The number of allylic oxidation sites excluding steroid dienone is 1. The van der Waals surface area contributed by atoms with Gasteiger partial charge < -0.3 is 15.5 Å². The zero-order valence-electron chi connectivity index (χ0n) is 16.9. The normalized spacial score (nSPS) is 16.2. The van der Waals surface area contributed by atoms with E-state index < -0.39 is 11.7 Å². The Balaban J connectivity index is 1.57. The standard InChI is InChI=1S/C23H26FN3O2/c1-25-22(28)18-10-9-15(12-21(18)24)11-17(27(2)3)14-26-23(29)20-13-19(20)16-7-5-4-6-8-16/h4-10,12-13,17,19H,11,14H2,1-3H3,(H,25,28)(H,26,29)/t17-,19-/m0/s1. The highest BCUT2D eigenvalue weighted by atomic mass is 19.1. The summed E-state index contributed by atoms with van der Waals surface area (Å²) in [6, 6.07) is 14.5. The van der Waals surface area contributed by atoms with Crippen molar-refractivity contribution in [1.82, 2.24) is 15.5 Å².